The zero-order valence-electron chi connectivity index (χ0n) is 15.9. The van der Waals surface area contributed by atoms with Crippen LogP contribution >= 0.6 is 0 Å². The van der Waals surface area contributed by atoms with E-state index in [1.54, 1.807) is 6.08 Å². The molecular weight excluding hydrogens is 350 g/mol. The van der Waals surface area contributed by atoms with Gasteiger partial charge in [0.1, 0.15) is 6.61 Å². The van der Waals surface area contributed by atoms with E-state index in [0.29, 0.717) is 0 Å². The zero-order chi connectivity index (χ0) is 19.2. The Morgan fingerprint density at radius 2 is 1.93 bits per heavy atom. The van der Waals surface area contributed by atoms with Crippen LogP contribution in [-0.2, 0) is 20.8 Å². The number of rotatable bonds is 7. The van der Waals surface area contributed by atoms with Crippen LogP contribution in [0.1, 0.15) is 30.4 Å². The van der Waals surface area contributed by atoms with E-state index in [9.17, 15) is 4.79 Å². The first kappa shape index (κ1) is 18.7. The van der Waals surface area contributed by atoms with Crippen molar-refractivity contribution in [3.8, 4) is 0 Å². The predicted octanol–water partition coefficient (Wildman–Crippen LogP) is 4.82. The smallest absolute Gasteiger partial charge is 0.181 e. The third-order valence-corrected chi connectivity index (χ3v) is 5.01. The quantitative estimate of drug-likeness (QED) is 0.556. The highest BCUT2D eigenvalue weighted by atomic mass is 16.7. The van der Waals surface area contributed by atoms with Gasteiger partial charge in [-0.3, -0.25) is 4.79 Å². The topological polar surface area (TPSA) is 40.5 Å². The van der Waals surface area contributed by atoms with Crippen LogP contribution in [0.4, 0.5) is 0 Å². The molecule has 0 amide bonds. The number of ketones is 1. The SMILES string of the molecule is O=C(/C=C/c1cn(Cc2ccccc2)c2ccccc12)COC1CCCCO1. The molecule has 1 aliphatic rings. The number of benzene rings is 2. The van der Waals surface area contributed by atoms with Gasteiger partial charge in [-0.25, -0.2) is 0 Å². The molecule has 0 spiro atoms. The van der Waals surface area contributed by atoms with Crippen LogP contribution in [0.15, 0.2) is 66.9 Å². The fraction of sp³-hybridized carbons (Fsp3) is 0.292. The lowest BCUT2D eigenvalue weighted by Crippen LogP contribution is -2.24. The first-order valence-electron chi connectivity index (χ1n) is 9.85. The minimum absolute atomic E-state index is 0.0472. The van der Waals surface area contributed by atoms with E-state index in [-0.39, 0.29) is 18.7 Å². The Labute approximate surface area is 165 Å². The summed E-state index contributed by atoms with van der Waals surface area (Å²) in [5.74, 6) is -0.0472. The molecule has 4 nitrogen and oxygen atoms in total. The molecule has 28 heavy (non-hydrogen) atoms. The highest BCUT2D eigenvalue weighted by Crippen LogP contribution is 2.23. The average molecular weight is 375 g/mol. The summed E-state index contributed by atoms with van der Waals surface area (Å²) >= 11 is 0. The number of ether oxygens (including phenoxy) is 2. The number of hydrogen-bond acceptors (Lipinski definition) is 3. The zero-order valence-corrected chi connectivity index (χ0v) is 15.9. The van der Waals surface area contributed by atoms with Gasteiger partial charge in [-0.15, -0.1) is 0 Å². The highest BCUT2D eigenvalue weighted by Gasteiger charge is 2.15. The van der Waals surface area contributed by atoms with Gasteiger partial charge in [-0.05, 0) is 43.0 Å². The maximum atomic E-state index is 12.2. The van der Waals surface area contributed by atoms with Gasteiger partial charge in [0, 0.05) is 35.8 Å². The fourth-order valence-electron chi connectivity index (χ4n) is 3.57. The van der Waals surface area contributed by atoms with Crippen molar-refractivity contribution in [2.24, 2.45) is 0 Å². The molecule has 1 aliphatic heterocycles. The van der Waals surface area contributed by atoms with E-state index in [1.807, 2.05) is 24.3 Å². The number of aromatic nitrogens is 1. The molecule has 0 radical (unpaired) electrons. The number of fused-ring (bicyclic) bond motifs is 1. The Balaban J connectivity index is 1.47. The summed E-state index contributed by atoms with van der Waals surface area (Å²) < 4.78 is 13.3. The lowest BCUT2D eigenvalue weighted by molar-refractivity contribution is -0.167. The van der Waals surface area contributed by atoms with Crippen molar-refractivity contribution in [3.05, 3.63) is 78.0 Å². The summed E-state index contributed by atoms with van der Waals surface area (Å²) in [5, 5.41) is 1.14. The van der Waals surface area contributed by atoms with Crippen molar-refractivity contribution < 1.29 is 14.3 Å². The lowest BCUT2D eigenvalue weighted by Gasteiger charge is -2.21. The molecule has 4 rings (SSSR count). The lowest BCUT2D eigenvalue weighted by atomic mass is 10.1. The van der Waals surface area contributed by atoms with E-state index in [0.717, 1.165) is 48.9 Å². The number of nitrogens with zero attached hydrogens (tertiary/aromatic N) is 1. The first-order chi connectivity index (χ1) is 13.8. The van der Waals surface area contributed by atoms with E-state index < -0.39 is 0 Å². The number of hydrogen-bond donors (Lipinski definition) is 0. The summed E-state index contributed by atoms with van der Waals surface area (Å²) in [6.07, 6.45) is 8.39. The van der Waals surface area contributed by atoms with Crippen LogP contribution in [0.25, 0.3) is 17.0 Å². The molecular formula is C24H25NO3. The van der Waals surface area contributed by atoms with Gasteiger partial charge in [-0.2, -0.15) is 0 Å². The van der Waals surface area contributed by atoms with Crippen LogP contribution in [-0.4, -0.2) is 29.9 Å². The summed E-state index contributed by atoms with van der Waals surface area (Å²) in [4.78, 5) is 12.2. The average Bonchev–Trinajstić information content (AvgIpc) is 3.10. The third kappa shape index (κ3) is 4.58. The van der Waals surface area contributed by atoms with Gasteiger partial charge in [0.2, 0.25) is 0 Å². The highest BCUT2D eigenvalue weighted by molar-refractivity contribution is 5.98. The Bertz CT molecular complexity index is 952. The standard InChI is InChI=1S/C24H25NO3/c26-21(18-28-24-12-6-7-15-27-24)14-13-20-17-25(16-19-8-2-1-3-9-19)23-11-5-4-10-22(20)23/h1-5,8-11,13-14,17,24H,6-7,12,15-16,18H2/b14-13+. The van der Waals surface area contributed by atoms with Gasteiger partial charge >= 0.3 is 0 Å². The minimum Gasteiger partial charge on any atom is -0.353 e. The second-order valence-electron chi connectivity index (χ2n) is 7.12. The van der Waals surface area contributed by atoms with Crippen molar-refractivity contribution in [1.29, 1.82) is 0 Å². The predicted molar refractivity (Wildman–Crippen MR) is 111 cm³/mol. The molecule has 144 valence electrons. The summed E-state index contributed by atoms with van der Waals surface area (Å²) in [6.45, 7) is 1.57. The van der Waals surface area contributed by atoms with Crippen LogP contribution in [0.5, 0.6) is 0 Å². The number of carbonyl (C=O) groups is 1. The van der Waals surface area contributed by atoms with Gasteiger partial charge in [-0.1, -0.05) is 48.5 Å². The molecule has 3 aromatic rings. The van der Waals surface area contributed by atoms with Crippen LogP contribution in [0.2, 0.25) is 0 Å². The van der Waals surface area contributed by atoms with E-state index in [1.165, 1.54) is 5.56 Å². The molecule has 0 saturated carbocycles. The first-order valence-corrected chi connectivity index (χ1v) is 9.85. The van der Waals surface area contributed by atoms with Crippen LogP contribution in [0.3, 0.4) is 0 Å². The van der Waals surface area contributed by atoms with Gasteiger partial charge in [0.05, 0.1) is 0 Å². The van der Waals surface area contributed by atoms with E-state index >= 15 is 0 Å². The normalized spacial score (nSPS) is 17.4. The molecule has 4 heteroatoms. The summed E-state index contributed by atoms with van der Waals surface area (Å²) in [5.41, 5.74) is 3.44. The molecule has 0 N–H and O–H groups in total. The third-order valence-electron chi connectivity index (χ3n) is 5.01. The Hall–Kier alpha value is -2.69. The molecule has 1 saturated heterocycles. The van der Waals surface area contributed by atoms with Crippen LogP contribution in [0, 0.1) is 0 Å². The Morgan fingerprint density at radius 1 is 1.11 bits per heavy atom. The molecule has 1 aromatic heterocycles. The van der Waals surface area contributed by atoms with Gasteiger partial charge < -0.3 is 14.0 Å². The largest absolute Gasteiger partial charge is 0.353 e. The van der Waals surface area contributed by atoms with Crippen molar-refractivity contribution in [3.63, 3.8) is 0 Å². The van der Waals surface area contributed by atoms with Crippen molar-refractivity contribution in [2.75, 3.05) is 13.2 Å². The van der Waals surface area contributed by atoms with Crippen molar-refractivity contribution >= 4 is 22.8 Å². The second kappa shape index (κ2) is 9.00. The van der Waals surface area contributed by atoms with Crippen molar-refractivity contribution in [1.82, 2.24) is 4.57 Å². The molecule has 1 fully saturated rings. The number of carbonyl (C=O) groups excluding carboxylic acids is 1. The molecule has 1 unspecified atom stereocenters. The molecule has 0 aliphatic carbocycles. The Morgan fingerprint density at radius 3 is 2.75 bits per heavy atom. The van der Waals surface area contributed by atoms with Crippen LogP contribution < -0.4 is 0 Å². The molecule has 2 heterocycles. The maximum Gasteiger partial charge on any atom is 0.181 e. The van der Waals surface area contributed by atoms with Crippen molar-refractivity contribution in [2.45, 2.75) is 32.1 Å². The second-order valence-corrected chi connectivity index (χ2v) is 7.12. The summed E-state index contributed by atoms with van der Waals surface area (Å²) in [6, 6.07) is 18.6. The van der Waals surface area contributed by atoms with Gasteiger partial charge in [0.15, 0.2) is 12.1 Å². The molecule has 2 aromatic carbocycles. The van der Waals surface area contributed by atoms with E-state index in [4.69, 9.17) is 9.47 Å². The van der Waals surface area contributed by atoms with Gasteiger partial charge in [0.25, 0.3) is 0 Å². The molecule has 1 atom stereocenters. The van der Waals surface area contributed by atoms with E-state index in [2.05, 4.69) is 47.2 Å². The Kier molecular flexibility index (Phi) is 6.00. The maximum absolute atomic E-state index is 12.2. The number of para-hydroxylation sites is 1. The summed E-state index contributed by atoms with van der Waals surface area (Å²) in [7, 11) is 0. The fourth-order valence-corrected chi connectivity index (χ4v) is 3.57. The molecule has 0 bridgehead atoms. The monoisotopic (exact) mass is 375 g/mol. The minimum atomic E-state index is -0.237.